The zero-order valence-electron chi connectivity index (χ0n) is 13.1. The fourth-order valence-electron chi connectivity index (χ4n) is 1.94. The fourth-order valence-corrected chi connectivity index (χ4v) is 2.76. The summed E-state index contributed by atoms with van der Waals surface area (Å²) in [5.41, 5.74) is 0.972. The van der Waals surface area contributed by atoms with E-state index in [-0.39, 0.29) is 11.9 Å². The number of carbonyl (C=O) groups is 1. The molecule has 2 heterocycles. The summed E-state index contributed by atoms with van der Waals surface area (Å²) in [6, 6.07) is 4.00. The molecule has 7 heteroatoms. The summed E-state index contributed by atoms with van der Waals surface area (Å²) in [6.07, 6.45) is 4.39. The van der Waals surface area contributed by atoms with E-state index >= 15 is 0 Å². The minimum atomic E-state index is 0.0236. The lowest BCUT2D eigenvalue weighted by Crippen LogP contribution is -2.33. The number of nitrogens with one attached hydrogen (secondary N) is 1. The van der Waals surface area contributed by atoms with Gasteiger partial charge in [0, 0.05) is 30.5 Å². The fraction of sp³-hybridized carbons (Fsp3) is 0.467. The van der Waals surface area contributed by atoms with Crippen LogP contribution in [0.15, 0.2) is 29.7 Å². The Hall–Kier alpha value is -1.89. The highest BCUT2D eigenvalue weighted by Gasteiger charge is 2.14. The van der Waals surface area contributed by atoms with Crippen molar-refractivity contribution in [3.63, 3.8) is 0 Å². The number of amides is 1. The summed E-state index contributed by atoms with van der Waals surface area (Å²) in [4.78, 5) is 15.9. The minimum Gasteiger partial charge on any atom is -0.353 e. The number of nitrogens with zero attached hydrogens (tertiary/aromatic N) is 4. The molecule has 1 amide bonds. The van der Waals surface area contributed by atoms with Crippen LogP contribution in [0.25, 0.3) is 11.4 Å². The van der Waals surface area contributed by atoms with E-state index in [1.54, 1.807) is 12.4 Å². The van der Waals surface area contributed by atoms with E-state index in [2.05, 4.69) is 20.5 Å². The van der Waals surface area contributed by atoms with Crippen molar-refractivity contribution in [2.24, 2.45) is 0 Å². The third kappa shape index (κ3) is 4.07. The summed E-state index contributed by atoms with van der Waals surface area (Å²) >= 11 is 1.41. The van der Waals surface area contributed by atoms with Crippen molar-refractivity contribution in [3.05, 3.63) is 24.5 Å². The molecule has 1 atom stereocenters. The van der Waals surface area contributed by atoms with E-state index in [0.29, 0.717) is 5.75 Å². The van der Waals surface area contributed by atoms with Crippen molar-refractivity contribution < 1.29 is 4.79 Å². The highest BCUT2D eigenvalue weighted by atomic mass is 32.2. The van der Waals surface area contributed by atoms with Crippen LogP contribution >= 0.6 is 11.8 Å². The molecule has 1 N–H and O–H groups in total. The standard InChI is InChI=1S/C15H21N5OS/c1-4-11(3)17-13(21)10-22-15-19-18-14(20(15)5-2)12-6-8-16-9-7-12/h6-9,11H,4-5,10H2,1-3H3,(H,17,21). The number of carbonyl (C=O) groups excluding carboxylic acids is 1. The third-order valence-corrected chi connectivity index (χ3v) is 4.29. The molecule has 0 bridgehead atoms. The largest absolute Gasteiger partial charge is 0.353 e. The number of aromatic nitrogens is 4. The van der Waals surface area contributed by atoms with Crippen LogP contribution in [0.2, 0.25) is 0 Å². The smallest absolute Gasteiger partial charge is 0.230 e. The number of thioether (sulfide) groups is 1. The maximum Gasteiger partial charge on any atom is 0.230 e. The molecule has 2 rings (SSSR count). The molecule has 0 spiro atoms. The Bertz CT molecular complexity index is 614. The Morgan fingerprint density at radius 2 is 2.05 bits per heavy atom. The molecule has 0 aliphatic heterocycles. The summed E-state index contributed by atoms with van der Waals surface area (Å²) < 4.78 is 2.01. The molecule has 0 aromatic carbocycles. The second kappa shape index (κ2) is 7.93. The zero-order chi connectivity index (χ0) is 15.9. The molecule has 22 heavy (non-hydrogen) atoms. The topological polar surface area (TPSA) is 72.7 Å². The summed E-state index contributed by atoms with van der Waals surface area (Å²) in [5.74, 6) is 1.17. The lowest BCUT2D eigenvalue weighted by Gasteiger charge is -2.11. The van der Waals surface area contributed by atoms with Crippen LogP contribution in [0.3, 0.4) is 0 Å². The van der Waals surface area contributed by atoms with Crippen LogP contribution in [0.5, 0.6) is 0 Å². The van der Waals surface area contributed by atoms with Crippen molar-refractivity contribution >= 4 is 17.7 Å². The minimum absolute atomic E-state index is 0.0236. The van der Waals surface area contributed by atoms with Gasteiger partial charge in [-0.25, -0.2) is 0 Å². The third-order valence-electron chi connectivity index (χ3n) is 3.32. The SMILES string of the molecule is CCC(C)NC(=O)CSc1nnc(-c2ccncc2)n1CC. The van der Waals surface area contributed by atoms with Gasteiger partial charge in [0.2, 0.25) is 5.91 Å². The molecule has 0 fully saturated rings. The molecule has 0 aliphatic carbocycles. The van der Waals surface area contributed by atoms with Gasteiger partial charge in [-0.2, -0.15) is 0 Å². The second-order valence-electron chi connectivity index (χ2n) is 4.95. The number of pyridine rings is 1. The van der Waals surface area contributed by atoms with E-state index in [0.717, 1.165) is 29.5 Å². The van der Waals surface area contributed by atoms with Crippen molar-refractivity contribution in [1.82, 2.24) is 25.1 Å². The van der Waals surface area contributed by atoms with Crippen LogP contribution in [0.1, 0.15) is 27.2 Å². The van der Waals surface area contributed by atoms with Crippen LogP contribution in [0, 0.1) is 0 Å². The van der Waals surface area contributed by atoms with Crippen molar-refractivity contribution in [3.8, 4) is 11.4 Å². The molecule has 2 aromatic heterocycles. The molecular weight excluding hydrogens is 298 g/mol. The van der Waals surface area contributed by atoms with Gasteiger partial charge in [0.1, 0.15) is 0 Å². The maximum absolute atomic E-state index is 11.9. The molecule has 0 saturated heterocycles. The molecule has 0 aliphatic rings. The van der Waals surface area contributed by atoms with Gasteiger partial charge in [-0.15, -0.1) is 10.2 Å². The average Bonchev–Trinajstić information content (AvgIpc) is 2.96. The predicted octanol–water partition coefficient (Wildman–Crippen LogP) is 2.37. The number of hydrogen-bond acceptors (Lipinski definition) is 5. The van der Waals surface area contributed by atoms with Gasteiger partial charge in [-0.3, -0.25) is 9.78 Å². The van der Waals surface area contributed by atoms with E-state index in [9.17, 15) is 4.79 Å². The Balaban J connectivity index is 2.07. The molecule has 118 valence electrons. The molecule has 6 nitrogen and oxygen atoms in total. The average molecular weight is 319 g/mol. The molecule has 2 aromatic rings. The lowest BCUT2D eigenvalue weighted by atomic mass is 10.2. The predicted molar refractivity (Wildman–Crippen MR) is 87.5 cm³/mol. The zero-order valence-corrected chi connectivity index (χ0v) is 13.9. The van der Waals surface area contributed by atoms with Gasteiger partial charge >= 0.3 is 0 Å². The summed E-state index contributed by atoms with van der Waals surface area (Å²) in [6.45, 7) is 6.84. The first kappa shape index (κ1) is 16.5. The van der Waals surface area contributed by atoms with Crippen molar-refractivity contribution in [2.45, 2.75) is 44.9 Å². The molecule has 0 saturated carbocycles. The van der Waals surface area contributed by atoms with E-state index in [1.165, 1.54) is 11.8 Å². The van der Waals surface area contributed by atoms with Gasteiger partial charge in [0.25, 0.3) is 0 Å². The quantitative estimate of drug-likeness (QED) is 0.793. The monoisotopic (exact) mass is 319 g/mol. The Labute approximate surface area is 134 Å². The highest BCUT2D eigenvalue weighted by Crippen LogP contribution is 2.23. The first-order valence-corrected chi connectivity index (χ1v) is 8.40. The second-order valence-corrected chi connectivity index (χ2v) is 5.89. The van der Waals surface area contributed by atoms with Crippen LogP contribution in [-0.4, -0.2) is 37.5 Å². The Kier molecular flexibility index (Phi) is 5.94. The van der Waals surface area contributed by atoms with Gasteiger partial charge in [-0.05, 0) is 32.4 Å². The first-order chi connectivity index (χ1) is 10.7. The van der Waals surface area contributed by atoms with E-state index < -0.39 is 0 Å². The van der Waals surface area contributed by atoms with Crippen molar-refractivity contribution in [1.29, 1.82) is 0 Å². The van der Waals surface area contributed by atoms with Gasteiger partial charge in [0.15, 0.2) is 11.0 Å². The van der Waals surface area contributed by atoms with Crippen molar-refractivity contribution in [2.75, 3.05) is 5.75 Å². The number of hydrogen-bond donors (Lipinski definition) is 1. The van der Waals surface area contributed by atoms with Crippen LogP contribution in [-0.2, 0) is 11.3 Å². The van der Waals surface area contributed by atoms with E-state index in [4.69, 9.17) is 0 Å². The maximum atomic E-state index is 11.9. The van der Waals surface area contributed by atoms with Gasteiger partial charge < -0.3 is 9.88 Å². The summed E-state index contributed by atoms with van der Waals surface area (Å²) in [5, 5.41) is 12.2. The Morgan fingerprint density at radius 1 is 1.32 bits per heavy atom. The van der Waals surface area contributed by atoms with Crippen LogP contribution in [0.4, 0.5) is 0 Å². The molecule has 0 radical (unpaired) electrons. The molecule has 1 unspecified atom stereocenters. The van der Waals surface area contributed by atoms with E-state index in [1.807, 2.05) is 37.5 Å². The van der Waals surface area contributed by atoms with Gasteiger partial charge in [-0.1, -0.05) is 18.7 Å². The Morgan fingerprint density at radius 3 is 2.68 bits per heavy atom. The van der Waals surface area contributed by atoms with Crippen LogP contribution < -0.4 is 5.32 Å². The number of rotatable bonds is 7. The lowest BCUT2D eigenvalue weighted by molar-refractivity contribution is -0.119. The summed E-state index contributed by atoms with van der Waals surface area (Å²) in [7, 11) is 0. The van der Waals surface area contributed by atoms with Gasteiger partial charge in [0.05, 0.1) is 5.75 Å². The highest BCUT2D eigenvalue weighted by molar-refractivity contribution is 7.99. The first-order valence-electron chi connectivity index (χ1n) is 7.41. The molecular formula is C15H21N5OS. The normalized spacial score (nSPS) is 12.1.